The van der Waals surface area contributed by atoms with Gasteiger partial charge in [-0.05, 0) is 18.3 Å². The van der Waals surface area contributed by atoms with Gasteiger partial charge in [0.25, 0.3) is 0 Å². The molecule has 3 heteroatoms. The molecule has 0 spiro atoms. The molecule has 0 fully saturated rings. The normalized spacial score (nSPS) is 14.1. The highest BCUT2D eigenvalue weighted by molar-refractivity contribution is 6.46. The zero-order chi connectivity index (χ0) is 14.7. The number of hydrogen-bond donors (Lipinski definition) is 0. The summed E-state index contributed by atoms with van der Waals surface area (Å²) in [7, 11) is -1.14. The SMILES string of the molecule is CCCCCO[Si](OCCCCC)C(C)C(C)(C)C. The second-order valence-corrected chi connectivity index (χ2v) is 8.60. The number of rotatable bonds is 11. The quantitative estimate of drug-likeness (QED) is 0.378. The summed E-state index contributed by atoms with van der Waals surface area (Å²) in [6, 6.07) is 0. The van der Waals surface area contributed by atoms with Gasteiger partial charge >= 0.3 is 9.28 Å². The monoisotopic (exact) mass is 287 g/mol. The molecule has 0 heterocycles. The van der Waals surface area contributed by atoms with Crippen LogP contribution in [0.1, 0.15) is 80.1 Å². The van der Waals surface area contributed by atoms with Gasteiger partial charge in [-0.1, -0.05) is 67.2 Å². The van der Waals surface area contributed by atoms with Crippen molar-refractivity contribution in [3.8, 4) is 0 Å². The Kier molecular flexibility index (Phi) is 10.9. The highest BCUT2D eigenvalue weighted by Crippen LogP contribution is 2.34. The van der Waals surface area contributed by atoms with Crippen molar-refractivity contribution in [2.75, 3.05) is 13.2 Å². The van der Waals surface area contributed by atoms with Gasteiger partial charge in [0.1, 0.15) is 0 Å². The predicted octanol–water partition coefficient (Wildman–Crippen LogP) is 5.32. The van der Waals surface area contributed by atoms with Gasteiger partial charge in [-0.2, -0.15) is 0 Å². The lowest BCUT2D eigenvalue weighted by Gasteiger charge is -2.31. The number of hydrogen-bond acceptors (Lipinski definition) is 2. The van der Waals surface area contributed by atoms with E-state index in [2.05, 4.69) is 41.5 Å². The highest BCUT2D eigenvalue weighted by atomic mass is 28.3. The average molecular weight is 288 g/mol. The topological polar surface area (TPSA) is 18.5 Å². The third kappa shape index (κ3) is 9.64. The minimum atomic E-state index is -1.14. The van der Waals surface area contributed by atoms with Crippen LogP contribution < -0.4 is 0 Å². The maximum atomic E-state index is 6.09. The van der Waals surface area contributed by atoms with Crippen molar-refractivity contribution in [1.82, 2.24) is 0 Å². The molecule has 1 unspecified atom stereocenters. The third-order valence-corrected chi connectivity index (χ3v) is 6.19. The molecule has 0 aliphatic carbocycles. The van der Waals surface area contributed by atoms with Gasteiger partial charge in [0.15, 0.2) is 0 Å². The van der Waals surface area contributed by atoms with Crippen LogP contribution in [0, 0.1) is 5.41 Å². The largest absolute Gasteiger partial charge is 0.393 e. The van der Waals surface area contributed by atoms with Gasteiger partial charge in [0.2, 0.25) is 0 Å². The smallest absolute Gasteiger partial charge is 0.388 e. The first-order valence-corrected chi connectivity index (χ1v) is 9.45. The Morgan fingerprint density at radius 1 is 0.842 bits per heavy atom. The maximum absolute atomic E-state index is 6.09. The molecular formula is C16H35O2Si. The Bertz CT molecular complexity index is 189. The van der Waals surface area contributed by atoms with Gasteiger partial charge in [0, 0.05) is 18.8 Å². The highest BCUT2D eigenvalue weighted by Gasteiger charge is 2.33. The van der Waals surface area contributed by atoms with Crippen molar-refractivity contribution in [1.29, 1.82) is 0 Å². The number of unbranched alkanes of at least 4 members (excludes halogenated alkanes) is 4. The summed E-state index contributed by atoms with van der Waals surface area (Å²) >= 11 is 0. The first-order chi connectivity index (χ1) is 8.93. The van der Waals surface area contributed by atoms with Crippen molar-refractivity contribution < 1.29 is 8.85 Å². The van der Waals surface area contributed by atoms with E-state index >= 15 is 0 Å². The zero-order valence-electron chi connectivity index (χ0n) is 14.1. The van der Waals surface area contributed by atoms with E-state index in [1.165, 1.54) is 38.5 Å². The van der Waals surface area contributed by atoms with E-state index in [4.69, 9.17) is 8.85 Å². The lowest BCUT2D eigenvalue weighted by Crippen LogP contribution is -2.35. The molecule has 0 saturated carbocycles. The molecule has 115 valence electrons. The summed E-state index contributed by atoms with van der Waals surface area (Å²) < 4.78 is 12.2. The molecule has 0 aliphatic rings. The molecule has 0 aromatic carbocycles. The summed E-state index contributed by atoms with van der Waals surface area (Å²) in [4.78, 5) is 0. The van der Waals surface area contributed by atoms with Crippen molar-refractivity contribution in [3.63, 3.8) is 0 Å². The second-order valence-electron chi connectivity index (χ2n) is 6.52. The lowest BCUT2D eigenvalue weighted by molar-refractivity contribution is 0.165. The molecular weight excluding hydrogens is 252 g/mol. The standard InChI is InChI=1S/C16H35O2Si/c1-7-9-11-13-17-19(15(3)16(4,5)6)18-14-12-10-8-2/h15H,7-14H2,1-6H3. The van der Waals surface area contributed by atoms with Gasteiger partial charge < -0.3 is 8.85 Å². The van der Waals surface area contributed by atoms with Crippen LogP contribution in [0.5, 0.6) is 0 Å². The Morgan fingerprint density at radius 3 is 1.58 bits per heavy atom. The zero-order valence-corrected chi connectivity index (χ0v) is 15.1. The van der Waals surface area contributed by atoms with E-state index in [1.807, 2.05) is 0 Å². The van der Waals surface area contributed by atoms with Gasteiger partial charge in [-0.3, -0.25) is 0 Å². The van der Waals surface area contributed by atoms with Crippen molar-refractivity contribution in [2.24, 2.45) is 5.41 Å². The molecule has 0 amide bonds. The van der Waals surface area contributed by atoms with Crippen LogP contribution in [0.25, 0.3) is 0 Å². The molecule has 2 nitrogen and oxygen atoms in total. The minimum absolute atomic E-state index is 0.268. The molecule has 0 aromatic rings. The van der Waals surface area contributed by atoms with Crippen molar-refractivity contribution in [2.45, 2.75) is 85.6 Å². The van der Waals surface area contributed by atoms with E-state index < -0.39 is 9.28 Å². The van der Waals surface area contributed by atoms with Gasteiger partial charge in [-0.15, -0.1) is 0 Å². The summed E-state index contributed by atoms with van der Waals surface area (Å²) in [6.45, 7) is 15.3. The van der Waals surface area contributed by atoms with E-state index in [0.717, 1.165) is 13.2 Å². The summed E-state index contributed by atoms with van der Waals surface area (Å²) in [6.07, 6.45) is 7.35. The van der Waals surface area contributed by atoms with E-state index in [1.54, 1.807) is 0 Å². The van der Waals surface area contributed by atoms with Crippen LogP contribution in [-0.4, -0.2) is 22.5 Å². The molecule has 1 radical (unpaired) electrons. The fourth-order valence-corrected chi connectivity index (χ4v) is 3.68. The van der Waals surface area contributed by atoms with Gasteiger partial charge in [-0.25, -0.2) is 0 Å². The minimum Gasteiger partial charge on any atom is -0.393 e. The van der Waals surface area contributed by atoms with Crippen LogP contribution in [0.15, 0.2) is 0 Å². The summed E-state index contributed by atoms with van der Waals surface area (Å²) in [5.41, 5.74) is 0.782. The Balaban J connectivity index is 4.14. The second kappa shape index (κ2) is 10.9. The first kappa shape index (κ1) is 19.1. The molecule has 0 aliphatic heterocycles. The van der Waals surface area contributed by atoms with Crippen LogP contribution in [-0.2, 0) is 8.85 Å². The first-order valence-electron chi connectivity index (χ1n) is 8.05. The molecule has 0 bridgehead atoms. The fraction of sp³-hybridized carbons (Fsp3) is 1.00. The predicted molar refractivity (Wildman–Crippen MR) is 85.6 cm³/mol. The molecule has 0 saturated heterocycles. The summed E-state index contributed by atoms with van der Waals surface area (Å²) in [5.74, 6) is 0. The lowest BCUT2D eigenvalue weighted by atomic mass is 9.93. The summed E-state index contributed by atoms with van der Waals surface area (Å²) in [5, 5.41) is 0. The molecule has 19 heavy (non-hydrogen) atoms. The van der Waals surface area contributed by atoms with E-state index in [0.29, 0.717) is 5.54 Å². The Hall–Kier alpha value is 0.137. The van der Waals surface area contributed by atoms with Crippen LogP contribution >= 0.6 is 0 Å². The Morgan fingerprint density at radius 2 is 1.26 bits per heavy atom. The molecule has 1 atom stereocenters. The van der Waals surface area contributed by atoms with Crippen LogP contribution in [0.2, 0.25) is 5.54 Å². The van der Waals surface area contributed by atoms with Crippen molar-refractivity contribution >= 4 is 9.28 Å². The molecule has 0 N–H and O–H groups in total. The van der Waals surface area contributed by atoms with Crippen molar-refractivity contribution in [3.05, 3.63) is 0 Å². The Labute approximate surface area is 123 Å². The maximum Gasteiger partial charge on any atom is 0.388 e. The van der Waals surface area contributed by atoms with E-state index in [-0.39, 0.29) is 5.41 Å². The third-order valence-electron chi connectivity index (χ3n) is 3.64. The van der Waals surface area contributed by atoms with Crippen LogP contribution in [0.4, 0.5) is 0 Å². The molecule has 0 rings (SSSR count). The van der Waals surface area contributed by atoms with Crippen LogP contribution in [0.3, 0.4) is 0 Å². The fourth-order valence-electron chi connectivity index (χ4n) is 1.69. The average Bonchev–Trinajstić information content (AvgIpc) is 2.35. The van der Waals surface area contributed by atoms with Gasteiger partial charge in [0.05, 0.1) is 0 Å². The molecule has 0 aromatic heterocycles. The van der Waals surface area contributed by atoms with E-state index in [9.17, 15) is 0 Å².